The molecule has 0 heteroatoms. The first-order valence-electron chi connectivity index (χ1n) is 4.40. The van der Waals surface area contributed by atoms with Crippen LogP contribution in [0.25, 0.3) is 0 Å². The van der Waals surface area contributed by atoms with Crippen LogP contribution in [-0.2, 0) is 0 Å². The molecule has 0 aromatic carbocycles. The summed E-state index contributed by atoms with van der Waals surface area (Å²) in [7, 11) is 0. The van der Waals surface area contributed by atoms with Gasteiger partial charge in [0, 0.05) is 0 Å². The molecule has 0 rings (SSSR count). The smallest absolute Gasteiger partial charge is 0.0470 e. The summed E-state index contributed by atoms with van der Waals surface area (Å²) >= 11 is 0. The van der Waals surface area contributed by atoms with Crippen LogP contribution in [0.4, 0.5) is 0 Å². The second-order valence-corrected chi connectivity index (χ2v) is 2.37. The Bertz CT molecular complexity index is 45.1. The summed E-state index contributed by atoms with van der Waals surface area (Å²) in [5.74, 6) is 0. The highest BCUT2D eigenvalue weighted by atomic mass is 13.8. The minimum Gasteiger partial charge on any atom is -0.0919 e. The van der Waals surface area contributed by atoms with Crippen LogP contribution in [0, 0.1) is 0 Å². The lowest BCUT2D eigenvalue weighted by atomic mass is 10.2. The van der Waals surface area contributed by atoms with Gasteiger partial charge in [0.2, 0.25) is 0 Å². The van der Waals surface area contributed by atoms with Gasteiger partial charge in [0.1, 0.15) is 0 Å². The molecule has 0 aliphatic carbocycles. The Hall–Kier alpha value is -0.260. The second kappa shape index (κ2) is 15.9. The van der Waals surface area contributed by atoms with Crippen LogP contribution in [-0.4, -0.2) is 0 Å². The summed E-state index contributed by atoms with van der Waals surface area (Å²) in [5, 5.41) is 0. The molecule has 0 unspecified atom stereocenters. The van der Waals surface area contributed by atoms with Crippen LogP contribution in [0.1, 0.15) is 53.4 Å². The molecular formula is C10H22. The van der Waals surface area contributed by atoms with E-state index in [9.17, 15) is 0 Å². The van der Waals surface area contributed by atoms with E-state index in [0.29, 0.717) is 0 Å². The van der Waals surface area contributed by atoms with Crippen molar-refractivity contribution >= 4 is 0 Å². The van der Waals surface area contributed by atoms with Crippen LogP contribution in [0.2, 0.25) is 0 Å². The molecule has 0 nitrogen and oxygen atoms in total. The van der Waals surface area contributed by atoms with E-state index < -0.39 is 0 Å². The Morgan fingerprint density at radius 1 is 0.800 bits per heavy atom. The van der Waals surface area contributed by atoms with E-state index in [-0.39, 0.29) is 0 Å². The van der Waals surface area contributed by atoms with Crippen molar-refractivity contribution in [2.24, 2.45) is 0 Å². The first kappa shape index (κ1) is 12.4. The Balaban J connectivity index is 0. The van der Waals surface area contributed by atoms with Crippen molar-refractivity contribution in [3.63, 3.8) is 0 Å². The largest absolute Gasteiger partial charge is 0.0919 e. The molecule has 0 N–H and O–H groups in total. The molecule has 0 bridgehead atoms. The Kier molecular flexibility index (Phi) is 19.7. The molecule has 0 saturated heterocycles. The molecule has 0 amide bonds. The highest BCUT2D eigenvalue weighted by Crippen LogP contribution is 1.95. The maximum Gasteiger partial charge on any atom is -0.0470 e. The quantitative estimate of drug-likeness (QED) is 0.410. The molecule has 0 aliphatic rings. The number of hydrogen-bond acceptors (Lipinski definition) is 0. The van der Waals surface area contributed by atoms with Crippen LogP contribution in [0.15, 0.2) is 12.2 Å². The predicted octanol–water partition coefficient (Wildman–Crippen LogP) is 4.17. The SMILES string of the molecule is C/C=C\C.CCCCCC. The lowest BCUT2D eigenvalue weighted by molar-refractivity contribution is 0.702. The fraction of sp³-hybridized carbons (Fsp3) is 0.800. The molecule has 0 aliphatic heterocycles. The van der Waals surface area contributed by atoms with E-state index in [1.807, 2.05) is 26.0 Å². The first-order valence-corrected chi connectivity index (χ1v) is 4.40. The minimum absolute atomic E-state index is 1.36. The zero-order valence-corrected chi connectivity index (χ0v) is 7.98. The highest BCUT2D eigenvalue weighted by molar-refractivity contribution is 4.68. The van der Waals surface area contributed by atoms with Gasteiger partial charge in [0.15, 0.2) is 0 Å². The number of unbranched alkanes of at least 4 members (excludes halogenated alkanes) is 3. The second-order valence-electron chi connectivity index (χ2n) is 2.37. The Morgan fingerprint density at radius 3 is 1.20 bits per heavy atom. The van der Waals surface area contributed by atoms with E-state index in [4.69, 9.17) is 0 Å². The molecule has 0 heterocycles. The fourth-order valence-corrected chi connectivity index (χ4v) is 0.500. The molecule has 0 aromatic heterocycles. The van der Waals surface area contributed by atoms with Crippen LogP contribution in [0.3, 0.4) is 0 Å². The third-order valence-corrected chi connectivity index (χ3v) is 1.29. The van der Waals surface area contributed by atoms with E-state index in [0.717, 1.165) is 0 Å². The van der Waals surface area contributed by atoms with Crippen molar-refractivity contribution < 1.29 is 0 Å². The normalized spacial score (nSPS) is 9.20. The van der Waals surface area contributed by atoms with E-state index in [1.54, 1.807) is 0 Å². The van der Waals surface area contributed by atoms with Crippen molar-refractivity contribution in [2.75, 3.05) is 0 Å². The lowest BCUT2D eigenvalue weighted by Crippen LogP contribution is -1.66. The Morgan fingerprint density at radius 2 is 1.10 bits per heavy atom. The fourth-order valence-electron chi connectivity index (χ4n) is 0.500. The van der Waals surface area contributed by atoms with Gasteiger partial charge in [-0.1, -0.05) is 51.7 Å². The monoisotopic (exact) mass is 142 g/mol. The van der Waals surface area contributed by atoms with E-state index in [1.165, 1.54) is 25.7 Å². The average molecular weight is 142 g/mol. The Labute approximate surface area is 66.3 Å². The van der Waals surface area contributed by atoms with Gasteiger partial charge in [-0.15, -0.1) is 0 Å². The van der Waals surface area contributed by atoms with Crippen LogP contribution in [0.5, 0.6) is 0 Å². The summed E-state index contributed by atoms with van der Waals surface area (Å²) < 4.78 is 0. The van der Waals surface area contributed by atoms with Crippen molar-refractivity contribution in [2.45, 2.75) is 53.4 Å². The number of rotatable bonds is 3. The van der Waals surface area contributed by atoms with Crippen molar-refractivity contribution in [3.05, 3.63) is 12.2 Å². The molecular weight excluding hydrogens is 120 g/mol. The molecule has 62 valence electrons. The number of allylic oxidation sites excluding steroid dienone is 2. The van der Waals surface area contributed by atoms with Crippen molar-refractivity contribution in [1.82, 2.24) is 0 Å². The van der Waals surface area contributed by atoms with E-state index in [2.05, 4.69) is 13.8 Å². The van der Waals surface area contributed by atoms with Gasteiger partial charge in [0.25, 0.3) is 0 Å². The summed E-state index contributed by atoms with van der Waals surface area (Å²) in [6.45, 7) is 8.46. The van der Waals surface area contributed by atoms with Crippen molar-refractivity contribution in [1.29, 1.82) is 0 Å². The summed E-state index contributed by atoms with van der Waals surface area (Å²) in [4.78, 5) is 0. The molecule has 0 fully saturated rings. The van der Waals surface area contributed by atoms with Crippen LogP contribution < -0.4 is 0 Å². The third-order valence-electron chi connectivity index (χ3n) is 1.29. The van der Waals surface area contributed by atoms with E-state index >= 15 is 0 Å². The standard InChI is InChI=1S/C6H14.C4H8/c1-3-5-6-4-2;1-3-4-2/h3-6H2,1-2H3;3-4H,1-2H3/b;4-3-. The average Bonchev–Trinajstić information content (AvgIpc) is 2.01. The summed E-state index contributed by atoms with van der Waals surface area (Å²) in [6.07, 6.45) is 9.54. The molecule has 0 spiro atoms. The van der Waals surface area contributed by atoms with Crippen LogP contribution >= 0.6 is 0 Å². The summed E-state index contributed by atoms with van der Waals surface area (Å²) in [5.41, 5.74) is 0. The maximum atomic E-state index is 2.23. The summed E-state index contributed by atoms with van der Waals surface area (Å²) in [6, 6.07) is 0. The first-order chi connectivity index (χ1) is 4.83. The molecule has 0 atom stereocenters. The molecule has 0 radical (unpaired) electrons. The molecule has 0 aromatic rings. The highest BCUT2D eigenvalue weighted by Gasteiger charge is 1.75. The minimum atomic E-state index is 1.36. The molecule has 10 heavy (non-hydrogen) atoms. The van der Waals surface area contributed by atoms with Gasteiger partial charge in [-0.2, -0.15) is 0 Å². The lowest BCUT2D eigenvalue weighted by Gasteiger charge is -1.86. The van der Waals surface area contributed by atoms with Gasteiger partial charge in [0.05, 0.1) is 0 Å². The van der Waals surface area contributed by atoms with Gasteiger partial charge >= 0.3 is 0 Å². The number of hydrogen-bond donors (Lipinski definition) is 0. The van der Waals surface area contributed by atoms with Gasteiger partial charge in [-0.3, -0.25) is 0 Å². The van der Waals surface area contributed by atoms with Gasteiger partial charge in [-0.25, -0.2) is 0 Å². The van der Waals surface area contributed by atoms with Gasteiger partial charge < -0.3 is 0 Å². The van der Waals surface area contributed by atoms with Crippen molar-refractivity contribution in [3.8, 4) is 0 Å². The molecule has 0 saturated carbocycles. The maximum absolute atomic E-state index is 2.23. The zero-order valence-electron chi connectivity index (χ0n) is 7.98. The van der Waals surface area contributed by atoms with Gasteiger partial charge in [-0.05, 0) is 13.8 Å². The third kappa shape index (κ3) is 25.1. The predicted molar refractivity (Wildman–Crippen MR) is 50.3 cm³/mol. The topological polar surface area (TPSA) is 0 Å². The zero-order chi connectivity index (χ0) is 8.24.